The molecule has 1 aliphatic heterocycles. The van der Waals surface area contributed by atoms with E-state index in [0.29, 0.717) is 5.92 Å². The van der Waals surface area contributed by atoms with Gasteiger partial charge in [0.05, 0.1) is 0 Å². The van der Waals surface area contributed by atoms with Crippen molar-refractivity contribution in [3.63, 3.8) is 0 Å². The number of benzene rings is 1. The Morgan fingerprint density at radius 2 is 2.14 bits per heavy atom. The first-order valence-corrected chi connectivity index (χ1v) is 5.14. The lowest BCUT2D eigenvalue weighted by Crippen LogP contribution is -2.33. The number of aliphatic hydroxyl groups is 1. The normalized spacial score (nSPS) is 32.0. The lowest BCUT2D eigenvalue weighted by molar-refractivity contribution is 0.193. The first-order chi connectivity index (χ1) is 6.77. The van der Waals surface area contributed by atoms with Gasteiger partial charge in [-0.05, 0) is 5.56 Å². The predicted octanol–water partition coefficient (Wildman–Crippen LogP) is 1.16. The van der Waals surface area contributed by atoms with E-state index in [1.165, 1.54) is 5.56 Å². The van der Waals surface area contributed by atoms with Gasteiger partial charge in [-0.3, -0.25) is 0 Å². The molecule has 2 rings (SSSR count). The quantitative estimate of drug-likeness (QED) is 0.735. The van der Waals surface area contributed by atoms with Crippen LogP contribution in [-0.4, -0.2) is 24.8 Å². The molecule has 1 aliphatic rings. The van der Waals surface area contributed by atoms with E-state index in [0.717, 1.165) is 13.1 Å². The summed E-state index contributed by atoms with van der Waals surface area (Å²) in [5, 5.41) is 12.7. The fourth-order valence-corrected chi connectivity index (χ4v) is 2.30. The molecule has 0 aromatic heterocycles. The van der Waals surface area contributed by atoms with Gasteiger partial charge in [-0.1, -0.05) is 37.3 Å². The van der Waals surface area contributed by atoms with Crippen molar-refractivity contribution >= 4 is 0 Å². The molecule has 0 amide bonds. The third-order valence-corrected chi connectivity index (χ3v) is 3.44. The fraction of sp³-hybridized carbons (Fsp3) is 0.500. The molecule has 2 heteroatoms. The molecule has 0 unspecified atom stereocenters. The average molecular weight is 191 g/mol. The second-order valence-electron chi connectivity index (χ2n) is 4.29. The molecular formula is C12H17NO. The number of hydrogen-bond acceptors (Lipinski definition) is 2. The Hall–Kier alpha value is -0.860. The van der Waals surface area contributed by atoms with E-state index in [1.807, 2.05) is 6.07 Å². The molecule has 2 nitrogen and oxygen atoms in total. The second-order valence-corrected chi connectivity index (χ2v) is 4.29. The topological polar surface area (TPSA) is 32.3 Å². The van der Waals surface area contributed by atoms with Crippen LogP contribution < -0.4 is 5.32 Å². The molecule has 2 atom stereocenters. The van der Waals surface area contributed by atoms with Crippen molar-refractivity contribution in [3.05, 3.63) is 35.9 Å². The maximum Gasteiger partial charge on any atom is 0.0480 e. The molecule has 1 fully saturated rings. The smallest absolute Gasteiger partial charge is 0.0480 e. The Kier molecular flexibility index (Phi) is 2.57. The predicted molar refractivity (Wildman–Crippen MR) is 57.2 cm³/mol. The molecule has 1 saturated heterocycles. The SMILES string of the molecule is C[C@]1(c2ccccc2)CNC[C@@H]1CO. The zero-order valence-corrected chi connectivity index (χ0v) is 8.53. The fourth-order valence-electron chi connectivity index (χ4n) is 2.30. The van der Waals surface area contributed by atoms with Crippen LogP contribution in [0.5, 0.6) is 0 Å². The first-order valence-electron chi connectivity index (χ1n) is 5.14. The van der Waals surface area contributed by atoms with Crippen LogP contribution in [0.3, 0.4) is 0 Å². The zero-order chi connectivity index (χ0) is 10.0. The Morgan fingerprint density at radius 3 is 2.79 bits per heavy atom. The van der Waals surface area contributed by atoms with Crippen LogP contribution in [-0.2, 0) is 5.41 Å². The lowest BCUT2D eigenvalue weighted by Gasteiger charge is -2.29. The minimum Gasteiger partial charge on any atom is -0.396 e. The number of aliphatic hydroxyl groups excluding tert-OH is 1. The molecule has 76 valence electrons. The highest BCUT2D eigenvalue weighted by molar-refractivity contribution is 5.27. The van der Waals surface area contributed by atoms with Crippen LogP contribution in [0, 0.1) is 5.92 Å². The van der Waals surface area contributed by atoms with E-state index >= 15 is 0 Å². The summed E-state index contributed by atoms with van der Waals surface area (Å²) in [5.41, 5.74) is 1.42. The van der Waals surface area contributed by atoms with Gasteiger partial charge in [-0.25, -0.2) is 0 Å². The minimum atomic E-state index is 0.0933. The van der Waals surface area contributed by atoms with Crippen molar-refractivity contribution in [1.29, 1.82) is 0 Å². The van der Waals surface area contributed by atoms with Crippen LogP contribution in [0.4, 0.5) is 0 Å². The molecule has 2 N–H and O–H groups in total. The van der Waals surface area contributed by atoms with Crippen LogP contribution in [0.1, 0.15) is 12.5 Å². The highest BCUT2D eigenvalue weighted by Gasteiger charge is 2.39. The van der Waals surface area contributed by atoms with E-state index < -0.39 is 0 Å². The zero-order valence-electron chi connectivity index (χ0n) is 8.53. The third kappa shape index (κ3) is 1.45. The van der Waals surface area contributed by atoms with Crippen molar-refractivity contribution < 1.29 is 5.11 Å². The van der Waals surface area contributed by atoms with E-state index in [9.17, 15) is 5.11 Å². The van der Waals surface area contributed by atoms with Crippen LogP contribution >= 0.6 is 0 Å². The summed E-state index contributed by atoms with van der Waals surface area (Å²) in [6, 6.07) is 10.5. The summed E-state index contributed by atoms with van der Waals surface area (Å²) < 4.78 is 0. The summed E-state index contributed by atoms with van der Waals surface area (Å²) in [6.45, 7) is 4.37. The molecular weight excluding hydrogens is 174 g/mol. The number of nitrogens with one attached hydrogen (secondary N) is 1. The van der Waals surface area contributed by atoms with Crippen molar-refractivity contribution in [2.75, 3.05) is 19.7 Å². The summed E-state index contributed by atoms with van der Waals surface area (Å²) in [5.74, 6) is 0.338. The van der Waals surface area contributed by atoms with E-state index in [1.54, 1.807) is 0 Å². The summed E-state index contributed by atoms with van der Waals surface area (Å²) >= 11 is 0. The lowest BCUT2D eigenvalue weighted by atomic mass is 9.74. The largest absolute Gasteiger partial charge is 0.396 e. The van der Waals surface area contributed by atoms with Crippen molar-refractivity contribution in [2.45, 2.75) is 12.3 Å². The maximum absolute atomic E-state index is 9.32. The summed E-state index contributed by atoms with van der Waals surface area (Å²) in [7, 11) is 0. The number of rotatable bonds is 2. The van der Waals surface area contributed by atoms with Crippen LogP contribution in [0.2, 0.25) is 0 Å². The van der Waals surface area contributed by atoms with Gasteiger partial charge < -0.3 is 10.4 Å². The molecule has 0 bridgehead atoms. The molecule has 0 saturated carbocycles. The van der Waals surface area contributed by atoms with Crippen molar-refractivity contribution in [3.8, 4) is 0 Å². The summed E-state index contributed by atoms with van der Waals surface area (Å²) in [4.78, 5) is 0. The van der Waals surface area contributed by atoms with Gasteiger partial charge in [0.1, 0.15) is 0 Å². The Bertz CT molecular complexity index is 298. The Balaban J connectivity index is 2.31. The standard InChI is InChI=1S/C12H17NO/c1-12(9-13-7-11(12)8-14)10-5-3-2-4-6-10/h2-6,11,13-14H,7-9H2,1H3/t11-,12-/m1/s1. The minimum absolute atomic E-state index is 0.0933. The van der Waals surface area contributed by atoms with Crippen molar-refractivity contribution in [2.24, 2.45) is 5.92 Å². The molecule has 1 aromatic carbocycles. The van der Waals surface area contributed by atoms with E-state index in [-0.39, 0.29) is 12.0 Å². The van der Waals surface area contributed by atoms with E-state index in [4.69, 9.17) is 0 Å². The van der Waals surface area contributed by atoms with Gasteiger partial charge in [-0.2, -0.15) is 0 Å². The molecule has 14 heavy (non-hydrogen) atoms. The molecule has 1 heterocycles. The first kappa shape index (κ1) is 9.69. The molecule has 0 radical (unpaired) electrons. The third-order valence-electron chi connectivity index (χ3n) is 3.44. The van der Waals surface area contributed by atoms with Crippen molar-refractivity contribution in [1.82, 2.24) is 5.32 Å². The number of hydrogen-bond donors (Lipinski definition) is 2. The van der Waals surface area contributed by atoms with Crippen LogP contribution in [0.25, 0.3) is 0 Å². The van der Waals surface area contributed by atoms with Crippen LogP contribution in [0.15, 0.2) is 30.3 Å². The highest BCUT2D eigenvalue weighted by atomic mass is 16.3. The maximum atomic E-state index is 9.32. The Labute approximate surface area is 85.0 Å². The highest BCUT2D eigenvalue weighted by Crippen LogP contribution is 2.34. The van der Waals surface area contributed by atoms with Gasteiger partial charge in [-0.15, -0.1) is 0 Å². The van der Waals surface area contributed by atoms with Gasteiger partial charge in [0.2, 0.25) is 0 Å². The Morgan fingerprint density at radius 1 is 1.43 bits per heavy atom. The van der Waals surface area contributed by atoms with Gasteiger partial charge in [0.15, 0.2) is 0 Å². The monoisotopic (exact) mass is 191 g/mol. The molecule has 0 aliphatic carbocycles. The average Bonchev–Trinajstić information content (AvgIpc) is 2.62. The van der Waals surface area contributed by atoms with Gasteiger partial charge in [0, 0.05) is 31.0 Å². The van der Waals surface area contributed by atoms with E-state index in [2.05, 4.69) is 36.5 Å². The van der Waals surface area contributed by atoms with Gasteiger partial charge >= 0.3 is 0 Å². The van der Waals surface area contributed by atoms with Gasteiger partial charge in [0.25, 0.3) is 0 Å². The summed E-state index contributed by atoms with van der Waals surface area (Å²) in [6.07, 6.45) is 0. The second kappa shape index (κ2) is 3.71. The molecule has 1 aromatic rings. The molecule has 0 spiro atoms.